The summed E-state index contributed by atoms with van der Waals surface area (Å²) in [5, 5.41) is 16.2. The standard InChI is InChI=1S/C12H16BNO3.C11H14BNO3S.C11H12BNO3.2C11H12BNO2.C10H12BNO3.4C2H6/c1-9-3-5-10(6-4-9)7-11(12(15)17-2)14-8-13-16;1-16-11(14)10(13-7-12-15)6-8-3-2-4-9(17)5-8;1-16-10(14)9(13-11(12)15)7-8-5-3-2-4-6-8;2*12-11(14)13-9(10-7-15-10)6-8-4-2-1-3-5-8;1-15-10(13)9(12-7-11-14)8-5-3-2-4-6-8;4*1-2/h3-6,11,14H,7-8H2,1-2H3;2-5,10,13,17H,6-7H2,1H3;2-6,9H,7H2,1H3,(H,13,15);2*1-5,9-10H,6-7H2,(H,13,14);2-6,9,12H,7H2,1H3;4*1-2H3/t;;;2*9?,10-;;;;;/m...11...../s1. The van der Waals surface area contributed by atoms with E-state index >= 15 is 0 Å². The van der Waals surface area contributed by atoms with Gasteiger partial charge in [0.15, 0.2) is 17.4 Å². The van der Waals surface area contributed by atoms with E-state index in [1.54, 1.807) is 12.1 Å². The first-order valence-corrected chi connectivity index (χ1v) is 34.5. The monoisotopic (exact) mass is 1430 g/mol. The van der Waals surface area contributed by atoms with Crippen LogP contribution in [0.5, 0.6) is 0 Å². The molecule has 548 valence electrons. The van der Waals surface area contributed by atoms with Crippen molar-refractivity contribution in [3.05, 3.63) is 209 Å². The van der Waals surface area contributed by atoms with Crippen molar-refractivity contribution in [3.63, 3.8) is 0 Å². The van der Waals surface area contributed by atoms with Crippen molar-refractivity contribution in [2.75, 3.05) is 61.0 Å². The van der Waals surface area contributed by atoms with Crippen LogP contribution in [0.4, 0.5) is 14.4 Å². The topological polar surface area (TPSA) is 305 Å². The molecule has 0 aromatic heterocycles. The van der Waals surface area contributed by atoms with Crippen LogP contribution in [0.25, 0.3) is 0 Å². The second kappa shape index (κ2) is 62.1. The third-order valence-electron chi connectivity index (χ3n) is 13.7. The minimum Gasteiger partial charge on any atom is -0.467 e. The summed E-state index contributed by atoms with van der Waals surface area (Å²) in [5.74, 6) is -3.38. The molecule has 103 heavy (non-hydrogen) atoms. The van der Waals surface area contributed by atoms with Gasteiger partial charge in [0.25, 0.3) is 0 Å². The van der Waals surface area contributed by atoms with Crippen molar-refractivity contribution in [3.8, 4) is 0 Å². The zero-order valence-electron chi connectivity index (χ0n) is 61.8. The fourth-order valence-corrected chi connectivity index (χ4v) is 9.13. The number of thiol groups is 1. The van der Waals surface area contributed by atoms with Gasteiger partial charge in [-0.25, -0.2) is 4.79 Å². The van der Waals surface area contributed by atoms with Crippen LogP contribution in [-0.4, -0.2) is 190 Å². The van der Waals surface area contributed by atoms with Gasteiger partial charge in [-0.3, -0.25) is 14.4 Å². The number of nitrogens with one attached hydrogen (secondary N) is 6. The van der Waals surface area contributed by atoms with E-state index in [0.29, 0.717) is 46.8 Å². The predicted molar refractivity (Wildman–Crippen MR) is 410 cm³/mol. The number of rotatable bonds is 29. The zero-order valence-corrected chi connectivity index (χ0v) is 62.7. The first kappa shape index (κ1) is 96.6. The molecule has 2 aliphatic heterocycles. The fourth-order valence-electron chi connectivity index (χ4n) is 8.87. The molecule has 8 atom stereocenters. The average molecular weight is 1430 g/mol. The Morgan fingerprint density at radius 3 is 1.07 bits per heavy atom. The fraction of sp³-hybridized carbons (Fsp3) is 0.419. The van der Waals surface area contributed by atoms with Gasteiger partial charge < -0.3 is 30.2 Å². The van der Waals surface area contributed by atoms with Gasteiger partial charge in [-0.15, -0.1) is 0 Å². The first-order valence-electron chi connectivity index (χ1n) is 34.0. The van der Waals surface area contributed by atoms with E-state index in [1.807, 2.05) is 220 Å². The Balaban J connectivity index is 0. The van der Waals surface area contributed by atoms with E-state index in [4.69, 9.17) is 33.0 Å². The Morgan fingerprint density at radius 2 is 0.728 bits per heavy atom. The number of epoxide rings is 2. The Morgan fingerprint density at radius 1 is 0.417 bits per heavy atom. The van der Waals surface area contributed by atoms with Gasteiger partial charge in [-0.1, -0.05) is 146 Å². The molecule has 0 bridgehead atoms. The molecule has 29 heteroatoms. The van der Waals surface area contributed by atoms with E-state index in [2.05, 4.69) is 63.5 Å². The van der Waals surface area contributed by atoms with Crippen LogP contribution < -0.4 is 31.9 Å². The predicted octanol–water partition coefficient (Wildman–Crippen LogP) is 8.33. The minimum absolute atomic E-state index is 0.00935. The van der Waals surface area contributed by atoms with Gasteiger partial charge >= 0.3 is 301 Å². The van der Waals surface area contributed by atoms with E-state index in [1.165, 1.54) is 45.1 Å². The van der Waals surface area contributed by atoms with E-state index in [-0.39, 0.29) is 55.6 Å². The van der Waals surface area contributed by atoms with Crippen LogP contribution in [0.15, 0.2) is 175 Å². The van der Waals surface area contributed by atoms with Crippen molar-refractivity contribution in [1.82, 2.24) is 31.9 Å². The molecule has 0 spiro atoms. The van der Waals surface area contributed by atoms with Crippen LogP contribution in [0.1, 0.15) is 100 Å². The van der Waals surface area contributed by atoms with Crippen LogP contribution >= 0.6 is 12.6 Å². The molecular formula is C74H102B6N6O16S. The molecule has 6 N–H and O–H groups in total. The van der Waals surface area contributed by atoms with Crippen LogP contribution in [0.2, 0.25) is 0 Å². The van der Waals surface area contributed by atoms with Crippen molar-refractivity contribution in [2.24, 2.45) is 0 Å². The number of esters is 4. The maximum absolute atomic E-state index is 11.5. The molecule has 8 rings (SSSR count). The summed E-state index contributed by atoms with van der Waals surface area (Å²) in [6.07, 6.45) is 3.49. The van der Waals surface area contributed by atoms with Gasteiger partial charge in [0.1, 0.15) is 18.2 Å². The normalized spacial score (nSPS) is 13.6. The first-order chi connectivity index (χ1) is 49.8. The Bertz CT molecular complexity index is 3200. The molecule has 6 unspecified atom stereocenters. The summed E-state index contributed by atoms with van der Waals surface area (Å²) >= 11 is 4.23. The Hall–Kier alpha value is -8.45. The largest absolute Gasteiger partial charge is 0.467 e. The third-order valence-corrected chi connectivity index (χ3v) is 14.0. The van der Waals surface area contributed by atoms with Crippen molar-refractivity contribution >= 4 is 98.9 Å². The number of methoxy groups -OCH3 is 4. The van der Waals surface area contributed by atoms with Crippen LogP contribution in [-0.2, 0) is 93.8 Å². The second-order valence-corrected chi connectivity index (χ2v) is 21.5. The van der Waals surface area contributed by atoms with E-state index < -0.39 is 53.5 Å². The van der Waals surface area contributed by atoms with Crippen LogP contribution in [0, 0.1) is 6.92 Å². The van der Waals surface area contributed by atoms with E-state index in [0.717, 1.165) is 47.1 Å². The van der Waals surface area contributed by atoms with Gasteiger partial charge in [0.05, 0.1) is 32.4 Å². The molecule has 3 amide bonds. The molecule has 2 aliphatic rings. The number of hydrogen-bond donors (Lipinski definition) is 7. The van der Waals surface area contributed by atoms with Gasteiger partial charge in [-0.05, 0) is 29.5 Å². The number of aryl methyl sites for hydroxylation is 1. The van der Waals surface area contributed by atoms with Gasteiger partial charge in [-0.2, -0.15) is 0 Å². The molecule has 22 nitrogen and oxygen atoms in total. The van der Waals surface area contributed by atoms with Crippen LogP contribution in [0.3, 0.4) is 0 Å². The summed E-state index contributed by atoms with van der Waals surface area (Å²) < 4.78 is 59.8. The summed E-state index contributed by atoms with van der Waals surface area (Å²) in [4.78, 5) is 78.9. The number of ether oxygens (including phenoxy) is 6. The quantitative estimate of drug-likeness (QED) is 0.00763. The summed E-state index contributed by atoms with van der Waals surface area (Å²) in [5.41, 5.74) is 7.22. The second-order valence-electron chi connectivity index (χ2n) is 20.9. The smallest absolute Gasteiger partial charge is 0.328 e. The minimum atomic E-state index is -0.745. The Kier molecular flexibility index (Phi) is 58.3. The number of benzene rings is 6. The zero-order chi connectivity index (χ0) is 77.8. The molecule has 2 heterocycles. The number of carbonyl (C=O) groups excluding carboxylic acids is 7. The van der Waals surface area contributed by atoms with Crippen molar-refractivity contribution < 1.29 is 76.1 Å². The molecule has 2 fully saturated rings. The SMILES string of the molecule is CC.CC.CC.CC.COC(=O)C(Cc1ccc(C)cc1)NCB=O.COC(=O)C(Cc1cccc(S)c1)NCB=O.COC(=O)C(NCB=O)c1ccccc1.[B]C(=O)NC(Cc1ccccc1)C(=O)OC.[B]C(=O)NC(Cc1ccccc1)[C@H]1CO1.[B]C(=O)NC(Cc1ccccc1)[C@H]1CO1. The summed E-state index contributed by atoms with van der Waals surface area (Å²) in [6, 6.07) is 51.4. The maximum Gasteiger partial charge on any atom is 0.328 e. The van der Waals surface area contributed by atoms with Crippen molar-refractivity contribution in [1.29, 1.82) is 0 Å². The third kappa shape index (κ3) is 46.7. The number of carbonyl (C=O) groups is 7. The molecule has 2 saturated heterocycles. The van der Waals surface area contributed by atoms with Gasteiger partial charge in [0.2, 0.25) is 23.5 Å². The number of amides is 3. The number of hydrogen-bond acceptors (Lipinski definition) is 20. The molecule has 6 aromatic rings. The van der Waals surface area contributed by atoms with Gasteiger partial charge in [0, 0.05) is 6.42 Å². The van der Waals surface area contributed by atoms with Crippen molar-refractivity contribution in [2.45, 2.75) is 148 Å². The summed E-state index contributed by atoms with van der Waals surface area (Å²) in [7, 11) is 22.6. The molecule has 6 aromatic carbocycles. The molecule has 0 aliphatic carbocycles. The maximum atomic E-state index is 11.5. The Labute approximate surface area is 621 Å². The molecular weight excluding hydrogens is 1330 g/mol. The molecule has 6 radical (unpaired) electrons. The average Bonchev–Trinajstić information content (AvgIpc) is 1.58. The molecule has 0 saturated carbocycles. The van der Waals surface area contributed by atoms with E-state index in [9.17, 15) is 47.7 Å². The summed E-state index contributed by atoms with van der Waals surface area (Å²) in [6.45, 7) is 19.4.